The van der Waals surface area contributed by atoms with Gasteiger partial charge in [0.1, 0.15) is 0 Å². The number of rotatable bonds is 6. The fourth-order valence-electron chi connectivity index (χ4n) is 1.64. The van der Waals surface area contributed by atoms with Gasteiger partial charge in [-0.3, -0.25) is 0 Å². The van der Waals surface area contributed by atoms with Crippen molar-refractivity contribution >= 4 is 10.0 Å². The first-order valence-corrected chi connectivity index (χ1v) is 7.20. The lowest BCUT2D eigenvalue weighted by atomic mass is 10.2. The molecule has 1 aromatic rings. The van der Waals surface area contributed by atoms with E-state index in [1.165, 1.54) is 12.1 Å². The monoisotopic (exact) mass is 257 g/mol. The standard InChI is InChI=1S/C12H19NO3S/c1-3-5-10(2)13-17(15,16)12-7-4-6-11(8-12)9-14/h4,6-8,10,13-14H,3,5,9H2,1-2H3. The molecule has 1 atom stereocenters. The molecule has 96 valence electrons. The maximum absolute atomic E-state index is 12.0. The van der Waals surface area contributed by atoms with Crippen molar-refractivity contribution in [1.82, 2.24) is 4.72 Å². The summed E-state index contributed by atoms with van der Waals surface area (Å²) >= 11 is 0. The van der Waals surface area contributed by atoms with E-state index in [-0.39, 0.29) is 17.5 Å². The van der Waals surface area contributed by atoms with Gasteiger partial charge >= 0.3 is 0 Å². The Kier molecular flexibility index (Phi) is 5.11. The van der Waals surface area contributed by atoms with Crippen LogP contribution in [0.5, 0.6) is 0 Å². The smallest absolute Gasteiger partial charge is 0.240 e. The molecule has 1 unspecified atom stereocenters. The molecule has 0 spiro atoms. The van der Waals surface area contributed by atoms with Crippen LogP contribution in [-0.4, -0.2) is 19.6 Å². The first-order chi connectivity index (χ1) is 7.99. The highest BCUT2D eigenvalue weighted by molar-refractivity contribution is 7.89. The molecule has 0 bridgehead atoms. The zero-order valence-electron chi connectivity index (χ0n) is 10.2. The van der Waals surface area contributed by atoms with E-state index in [2.05, 4.69) is 4.72 Å². The predicted molar refractivity (Wildman–Crippen MR) is 67.1 cm³/mol. The van der Waals surface area contributed by atoms with Crippen molar-refractivity contribution in [3.63, 3.8) is 0 Å². The second kappa shape index (κ2) is 6.14. The van der Waals surface area contributed by atoms with Crippen LogP contribution >= 0.6 is 0 Å². The van der Waals surface area contributed by atoms with Crippen LogP contribution in [0, 0.1) is 0 Å². The summed E-state index contributed by atoms with van der Waals surface area (Å²) in [5, 5.41) is 8.98. The maximum atomic E-state index is 12.0. The Bertz CT molecular complexity index is 457. The van der Waals surface area contributed by atoms with Crippen LogP contribution < -0.4 is 4.72 Å². The summed E-state index contributed by atoms with van der Waals surface area (Å²) in [7, 11) is -3.48. The van der Waals surface area contributed by atoms with E-state index in [0.29, 0.717) is 5.56 Å². The molecule has 0 heterocycles. The lowest BCUT2D eigenvalue weighted by Gasteiger charge is -2.13. The summed E-state index contributed by atoms with van der Waals surface area (Å²) in [6, 6.07) is 6.25. The summed E-state index contributed by atoms with van der Waals surface area (Å²) in [5.74, 6) is 0. The minimum atomic E-state index is -3.48. The Morgan fingerprint density at radius 3 is 2.71 bits per heavy atom. The fourth-order valence-corrected chi connectivity index (χ4v) is 2.98. The number of nitrogens with one attached hydrogen (secondary N) is 1. The Labute approximate surface area is 103 Å². The van der Waals surface area contributed by atoms with Crippen molar-refractivity contribution in [1.29, 1.82) is 0 Å². The van der Waals surface area contributed by atoms with Crippen LogP contribution in [0.1, 0.15) is 32.3 Å². The highest BCUT2D eigenvalue weighted by Crippen LogP contribution is 2.12. The van der Waals surface area contributed by atoms with E-state index in [1.807, 2.05) is 13.8 Å². The van der Waals surface area contributed by atoms with Crippen molar-refractivity contribution < 1.29 is 13.5 Å². The summed E-state index contributed by atoms with van der Waals surface area (Å²) in [5.41, 5.74) is 0.594. The fraction of sp³-hybridized carbons (Fsp3) is 0.500. The van der Waals surface area contributed by atoms with Crippen LogP contribution in [0.25, 0.3) is 0 Å². The normalized spacial score (nSPS) is 13.6. The average Bonchev–Trinajstić information content (AvgIpc) is 2.28. The van der Waals surface area contributed by atoms with Crippen molar-refractivity contribution in [3.8, 4) is 0 Å². The molecular weight excluding hydrogens is 238 g/mol. The van der Waals surface area contributed by atoms with Gasteiger partial charge in [0, 0.05) is 6.04 Å². The van der Waals surface area contributed by atoms with Crippen molar-refractivity contribution in [2.24, 2.45) is 0 Å². The van der Waals surface area contributed by atoms with Gasteiger partial charge in [0.25, 0.3) is 0 Å². The van der Waals surface area contributed by atoms with Gasteiger partial charge < -0.3 is 5.11 Å². The molecule has 0 aromatic heterocycles. The number of aliphatic hydroxyl groups is 1. The lowest BCUT2D eigenvalue weighted by molar-refractivity contribution is 0.281. The third-order valence-electron chi connectivity index (χ3n) is 2.47. The van der Waals surface area contributed by atoms with E-state index in [0.717, 1.165) is 12.8 Å². The summed E-state index contributed by atoms with van der Waals surface area (Å²) < 4.78 is 26.6. The van der Waals surface area contributed by atoms with Gasteiger partial charge in [-0.15, -0.1) is 0 Å². The van der Waals surface area contributed by atoms with Gasteiger partial charge in [0.15, 0.2) is 0 Å². The number of hydrogen-bond acceptors (Lipinski definition) is 3. The number of sulfonamides is 1. The molecule has 4 nitrogen and oxygen atoms in total. The van der Waals surface area contributed by atoms with Gasteiger partial charge in [-0.2, -0.15) is 0 Å². The molecule has 1 aromatic carbocycles. The largest absolute Gasteiger partial charge is 0.392 e. The Morgan fingerprint density at radius 1 is 1.41 bits per heavy atom. The quantitative estimate of drug-likeness (QED) is 0.814. The summed E-state index contributed by atoms with van der Waals surface area (Å²) in [4.78, 5) is 0.201. The number of aliphatic hydroxyl groups excluding tert-OH is 1. The minimum Gasteiger partial charge on any atom is -0.392 e. The van der Waals surface area contributed by atoms with Crippen molar-refractivity contribution in [3.05, 3.63) is 29.8 Å². The second-order valence-electron chi connectivity index (χ2n) is 4.12. The molecule has 17 heavy (non-hydrogen) atoms. The zero-order valence-corrected chi connectivity index (χ0v) is 11.0. The van der Waals surface area contributed by atoms with E-state index < -0.39 is 10.0 Å². The van der Waals surface area contributed by atoms with Crippen LogP contribution in [-0.2, 0) is 16.6 Å². The molecule has 0 saturated carbocycles. The highest BCUT2D eigenvalue weighted by Gasteiger charge is 2.16. The van der Waals surface area contributed by atoms with E-state index in [4.69, 9.17) is 5.11 Å². The molecular formula is C12H19NO3S. The van der Waals surface area contributed by atoms with Gasteiger partial charge in [-0.1, -0.05) is 25.5 Å². The van der Waals surface area contributed by atoms with E-state index in [9.17, 15) is 8.42 Å². The second-order valence-corrected chi connectivity index (χ2v) is 5.83. The molecule has 0 aliphatic heterocycles. The maximum Gasteiger partial charge on any atom is 0.240 e. The summed E-state index contributed by atoms with van der Waals surface area (Å²) in [6.07, 6.45) is 1.74. The van der Waals surface area contributed by atoms with E-state index in [1.54, 1.807) is 12.1 Å². The van der Waals surface area contributed by atoms with E-state index >= 15 is 0 Å². The van der Waals surface area contributed by atoms with Gasteiger partial charge in [0.2, 0.25) is 10.0 Å². The first kappa shape index (κ1) is 14.2. The topological polar surface area (TPSA) is 66.4 Å². The van der Waals surface area contributed by atoms with Crippen molar-refractivity contribution in [2.75, 3.05) is 0 Å². The van der Waals surface area contributed by atoms with Gasteiger partial charge in [0.05, 0.1) is 11.5 Å². The summed E-state index contributed by atoms with van der Waals surface area (Å²) in [6.45, 7) is 3.70. The third-order valence-corrected chi connectivity index (χ3v) is 4.06. The molecule has 0 radical (unpaired) electrons. The van der Waals surface area contributed by atoms with Crippen LogP contribution in [0.3, 0.4) is 0 Å². The van der Waals surface area contributed by atoms with Crippen LogP contribution in [0.15, 0.2) is 29.2 Å². The Morgan fingerprint density at radius 2 is 2.12 bits per heavy atom. The zero-order chi connectivity index (χ0) is 12.9. The van der Waals surface area contributed by atoms with Gasteiger partial charge in [-0.25, -0.2) is 13.1 Å². The SMILES string of the molecule is CCCC(C)NS(=O)(=O)c1cccc(CO)c1. The molecule has 0 aliphatic rings. The predicted octanol–water partition coefficient (Wildman–Crippen LogP) is 1.65. The lowest BCUT2D eigenvalue weighted by Crippen LogP contribution is -2.32. The Balaban J connectivity index is 2.89. The molecule has 1 rings (SSSR count). The molecule has 2 N–H and O–H groups in total. The molecule has 5 heteroatoms. The first-order valence-electron chi connectivity index (χ1n) is 5.71. The minimum absolute atomic E-state index is 0.0808. The average molecular weight is 257 g/mol. The molecule has 0 saturated heterocycles. The molecule has 0 amide bonds. The van der Waals surface area contributed by atoms with Crippen LogP contribution in [0.2, 0.25) is 0 Å². The molecule has 0 aliphatic carbocycles. The number of benzene rings is 1. The van der Waals surface area contributed by atoms with Crippen molar-refractivity contribution in [2.45, 2.75) is 44.2 Å². The Hall–Kier alpha value is -0.910. The third kappa shape index (κ3) is 4.11. The molecule has 0 fully saturated rings. The number of hydrogen-bond donors (Lipinski definition) is 2. The van der Waals surface area contributed by atoms with Crippen LogP contribution in [0.4, 0.5) is 0 Å². The highest BCUT2D eigenvalue weighted by atomic mass is 32.2. The van der Waals surface area contributed by atoms with Gasteiger partial charge in [-0.05, 0) is 31.0 Å².